The van der Waals surface area contributed by atoms with Gasteiger partial charge in [-0.25, -0.2) is 0 Å². The van der Waals surface area contributed by atoms with Crippen molar-refractivity contribution in [3.05, 3.63) is 0 Å². The highest BCUT2D eigenvalue weighted by molar-refractivity contribution is 5.00. The number of rotatable bonds is 1. The minimum Gasteiger partial charge on any atom is -0.297 e. The van der Waals surface area contributed by atoms with Crippen molar-refractivity contribution in [2.24, 2.45) is 5.92 Å². The standard InChI is InChI=1S/C8H15N/c1-6(2)9-5-7-3-4-8(7)9/h6-8H,3-5H2,1-2H3. The van der Waals surface area contributed by atoms with Gasteiger partial charge in [-0.15, -0.1) is 0 Å². The first-order valence-corrected chi connectivity index (χ1v) is 4.05. The van der Waals surface area contributed by atoms with Crippen LogP contribution >= 0.6 is 0 Å². The van der Waals surface area contributed by atoms with Crippen LogP contribution in [-0.2, 0) is 0 Å². The molecule has 0 aromatic rings. The van der Waals surface area contributed by atoms with Gasteiger partial charge in [0.05, 0.1) is 0 Å². The van der Waals surface area contributed by atoms with Crippen LogP contribution in [0.15, 0.2) is 0 Å². The number of piperidine rings is 1. The van der Waals surface area contributed by atoms with E-state index in [0.717, 1.165) is 18.0 Å². The summed E-state index contributed by atoms with van der Waals surface area (Å²) in [5, 5.41) is 0. The minimum atomic E-state index is 0.798. The highest BCUT2D eigenvalue weighted by atomic mass is 15.3. The Morgan fingerprint density at radius 3 is 2.22 bits per heavy atom. The number of likely N-dealkylation sites (tertiary alicyclic amines) is 1. The van der Waals surface area contributed by atoms with E-state index in [0.29, 0.717) is 0 Å². The van der Waals surface area contributed by atoms with Gasteiger partial charge in [-0.2, -0.15) is 0 Å². The largest absolute Gasteiger partial charge is 0.297 e. The molecule has 0 amide bonds. The molecule has 52 valence electrons. The first kappa shape index (κ1) is 5.72. The molecule has 1 aliphatic heterocycles. The molecule has 1 aliphatic carbocycles. The second-order valence-electron chi connectivity index (χ2n) is 3.70. The van der Waals surface area contributed by atoms with Gasteiger partial charge in [0.25, 0.3) is 0 Å². The molecular formula is C8H15N. The van der Waals surface area contributed by atoms with E-state index >= 15 is 0 Å². The van der Waals surface area contributed by atoms with Gasteiger partial charge in [-0.1, -0.05) is 0 Å². The summed E-state index contributed by atoms with van der Waals surface area (Å²) in [5.74, 6) is 1.10. The Morgan fingerprint density at radius 2 is 2.11 bits per heavy atom. The third-order valence-electron chi connectivity index (χ3n) is 2.91. The summed E-state index contributed by atoms with van der Waals surface area (Å²) in [4.78, 5) is 2.62. The molecule has 0 N–H and O–H groups in total. The normalized spacial score (nSPS) is 41.7. The lowest BCUT2D eigenvalue weighted by Crippen LogP contribution is -2.64. The van der Waals surface area contributed by atoms with Gasteiger partial charge in [0.2, 0.25) is 0 Å². The average Bonchev–Trinajstić information content (AvgIpc) is 1.76. The molecular weight excluding hydrogens is 110 g/mol. The molecule has 2 fully saturated rings. The van der Waals surface area contributed by atoms with Crippen molar-refractivity contribution in [2.45, 2.75) is 38.8 Å². The van der Waals surface area contributed by atoms with Crippen molar-refractivity contribution in [1.29, 1.82) is 0 Å². The van der Waals surface area contributed by atoms with Crippen molar-refractivity contribution in [3.8, 4) is 0 Å². The zero-order valence-electron chi connectivity index (χ0n) is 6.30. The highest BCUT2D eigenvalue weighted by Gasteiger charge is 2.45. The van der Waals surface area contributed by atoms with E-state index in [1.54, 1.807) is 0 Å². The lowest BCUT2D eigenvalue weighted by atomic mass is 9.70. The lowest BCUT2D eigenvalue weighted by Gasteiger charge is -2.57. The average molecular weight is 125 g/mol. The zero-order valence-corrected chi connectivity index (χ0v) is 6.30. The van der Waals surface area contributed by atoms with Crippen LogP contribution in [0.4, 0.5) is 0 Å². The predicted octanol–water partition coefficient (Wildman–Crippen LogP) is 1.49. The van der Waals surface area contributed by atoms with Crippen molar-refractivity contribution >= 4 is 0 Å². The number of nitrogens with zero attached hydrogens (tertiary/aromatic N) is 1. The Balaban J connectivity index is 1.90. The Morgan fingerprint density at radius 1 is 1.33 bits per heavy atom. The van der Waals surface area contributed by atoms with Gasteiger partial charge in [-0.05, 0) is 32.6 Å². The topological polar surface area (TPSA) is 3.24 Å². The van der Waals surface area contributed by atoms with Crippen LogP contribution in [-0.4, -0.2) is 23.5 Å². The Kier molecular flexibility index (Phi) is 1.10. The molecule has 1 heteroatoms. The summed E-state index contributed by atoms with van der Waals surface area (Å²) >= 11 is 0. The molecule has 0 bridgehead atoms. The van der Waals surface area contributed by atoms with Gasteiger partial charge >= 0.3 is 0 Å². The molecule has 2 rings (SSSR count). The maximum absolute atomic E-state index is 2.62. The van der Waals surface area contributed by atoms with Crippen molar-refractivity contribution in [3.63, 3.8) is 0 Å². The molecule has 0 aromatic heterocycles. The number of hydrogen-bond donors (Lipinski definition) is 0. The van der Waals surface area contributed by atoms with E-state index < -0.39 is 0 Å². The van der Waals surface area contributed by atoms with Gasteiger partial charge in [0.1, 0.15) is 0 Å². The van der Waals surface area contributed by atoms with Crippen LogP contribution in [0.25, 0.3) is 0 Å². The molecule has 1 nitrogen and oxygen atoms in total. The first-order chi connectivity index (χ1) is 4.29. The minimum absolute atomic E-state index is 0.798. The summed E-state index contributed by atoms with van der Waals surface area (Å²) in [7, 11) is 0. The smallest absolute Gasteiger partial charge is 0.0139 e. The first-order valence-electron chi connectivity index (χ1n) is 4.05. The maximum atomic E-state index is 2.62. The van der Waals surface area contributed by atoms with Crippen molar-refractivity contribution in [1.82, 2.24) is 4.90 Å². The molecule has 2 aliphatic rings. The molecule has 2 unspecified atom stereocenters. The summed E-state index contributed by atoms with van der Waals surface area (Å²) < 4.78 is 0. The van der Waals surface area contributed by atoms with Gasteiger partial charge < -0.3 is 0 Å². The second-order valence-corrected chi connectivity index (χ2v) is 3.70. The van der Waals surface area contributed by atoms with Crippen LogP contribution < -0.4 is 0 Å². The fourth-order valence-corrected chi connectivity index (χ4v) is 2.06. The molecule has 1 heterocycles. The summed E-state index contributed by atoms with van der Waals surface area (Å²) in [6.45, 7) is 5.99. The van der Waals surface area contributed by atoms with E-state index in [4.69, 9.17) is 0 Å². The van der Waals surface area contributed by atoms with Gasteiger partial charge in [0, 0.05) is 18.6 Å². The molecule has 0 aromatic carbocycles. The van der Waals surface area contributed by atoms with E-state index in [-0.39, 0.29) is 0 Å². The molecule has 9 heavy (non-hydrogen) atoms. The quantitative estimate of drug-likeness (QED) is 0.513. The highest BCUT2D eigenvalue weighted by Crippen LogP contribution is 2.42. The van der Waals surface area contributed by atoms with E-state index in [1.165, 1.54) is 19.4 Å². The van der Waals surface area contributed by atoms with Crippen LogP contribution in [0.3, 0.4) is 0 Å². The Hall–Kier alpha value is -0.0400. The monoisotopic (exact) mass is 125 g/mol. The Labute approximate surface area is 57.0 Å². The van der Waals surface area contributed by atoms with Gasteiger partial charge in [-0.3, -0.25) is 4.90 Å². The number of fused-ring (bicyclic) bond motifs is 1. The molecule has 0 spiro atoms. The van der Waals surface area contributed by atoms with Crippen LogP contribution in [0.5, 0.6) is 0 Å². The molecule has 0 radical (unpaired) electrons. The van der Waals surface area contributed by atoms with E-state index in [2.05, 4.69) is 18.7 Å². The lowest BCUT2D eigenvalue weighted by molar-refractivity contribution is -0.0785. The van der Waals surface area contributed by atoms with Crippen LogP contribution in [0.1, 0.15) is 26.7 Å². The third kappa shape index (κ3) is 0.644. The number of hydrogen-bond acceptors (Lipinski definition) is 1. The predicted molar refractivity (Wildman–Crippen MR) is 38.4 cm³/mol. The molecule has 1 saturated carbocycles. The summed E-state index contributed by atoms with van der Waals surface area (Å²) in [6, 6.07) is 1.80. The van der Waals surface area contributed by atoms with Crippen molar-refractivity contribution < 1.29 is 0 Å². The van der Waals surface area contributed by atoms with E-state index in [1.807, 2.05) is 0 Å². The van der Waals surface area contributed by atoms with E-state index in [9.17, 15) is 0 Å². The fourth-order valence-electron chi connectivity index (χ4n) is 2.06. The summed E-state index contributed by atoms with van der Waals surface area (Å²) in [6.07, 6.45) is 2.98. The maximum Gasteiger partial charge on any atom is 0.0139 e. The summed E-state index contributed by atoms with van der Waals surface area (Å²) in [5.41, 5.74) is 0. The molecule has 2 atom stereocenters. The van der Waals surface area contributed by atoms with Crippen LogP contribution in [0, 0.1) is 5.92 Å². The zero-order chi connectivity index (χ0) is 6.43. The second kappa shape index (κ2) is 1.72. The van der Waals surface area contributed by atoms with Crippen molar-refractivity contribution in [2.75, 3.05) is 6.54 Å². The Bertz CT molecular complexity index is 120. The SMILES string of the molecule is CC(C)N1CC2CCC21. The molecule has 1 saturated heterocycles. The van der Waals surface area contributed by atoms with Gasteiger partial charge in [0.15, 0.2) is 0 Å². The fraction of sp³-hybridized carbons (Fsp3) is 1.00. The van der Waals surface area contributed by atoms with Crippen LogP contribution in [0.2, 0.25) is 0 Å². The third-order valence-corrected chi connectivity index (χ3v) is 2.91.